The van der Waals surface area contributed by atoms with E-state index in [4.69, 9.17) is 14.2 Å². The van der Waals surface area contributed by atoms with Crippen molar-refractivity contribution < 1.29 is 19.0 Å². The van der Waals surface area contributed by atoms with Gasteiger partial charge in [0.1, 0.15) is 6.10 Å². The largest absolute Gasteiger partial charge is 0.493 e. The summed E-state index contributed by atoms with van der Waals surface area (Å²) in [5.41, 5.74) is 0.987. The van der Waals surface area contributed by atoms with Crippen LogP contribution in [0.4, 0.5) is 0 Å². The van der Waals surface area contributed by atoms with E-state index in [2.05, 4.69) is 0 Å². The van der Waals surface area contributed by atoms with Crippen LogP contribution in [0.15, 0.2) is 18.2 Å². The lowest BCUT2D eigenvalue weighted by molar-refractivity contribution is -0.137. The Hall–Kier alpha value is -1.55. The molecule has 1 fully saturated rings. The highest BCUT2D eigenvalue weighted by Gasteiger charge is 2.25. The summed E-state index contributed by atoms with van der Waals surface area (Å²) in [4.78, 5) is 11.8. The van der Waals surface area contributed by atoms with Gasteiger partial charge in [0.2, 0.25) is 0 Å². The molecule has 0 saturated heterocycles. The Kier molecular flexibility index (Phi) is 5.01. The molecule has 0 radical (unpaired) electrons. The van der Waals surface area contributed by atoms with E-state index >= 15 is 0 Å². The molecule has 0 aromatic heterocycles. The average Bonchev–Trinajstić information content (AvgIpc) is 2.48. The van der Waals surface area contributed by atoms with Gasteiger partial charge in [0, 0.05) is 6.42 Å². The van der Waals surface area contributed by atoms with Gasteiger partial charge < -0.3 is 14.2 Å². The molecule has 1 saturated carbocycles. The summed E-state index contributed by atoms with van der Waals surface area (Å²) in [5, 5.41) is 0. The highest BCUT2D eigenvalue weighted by Crippen LogP contribution is 2.32. The Morgan fingerprint density at radius 3 is 2.55 bits per heavy atom. The van der Waals surface area contributed by atoms with Crippen molar-refractivity contribution >= 4 is 5.78 Å². The van der Waals surface area contributed by atoms with E-state index in [9.17, 15) is 4.79 Å². The third kappa shape index (κ3) is 3.31. The topological polar surface area (TPSA) is 44.8 Å². The van der Waals surface area contributed by atoms with Crippen LogP contribution < -0.4 is 9.47 Å². The molecule has 2 rings (SSSR count). The molecule has 20 heavy (non-hydrogen) atoms. The molecule has 4 heteroatoms. The van der Waals surface area contributed by atoms with Crippen LogP contribution in [0.3, 0.4) is 0 Å². The predicted octanol–water partition coefficient (Wildman–Crippen LogP) is 3.29. The standard InChI is InChI=1S/C16H22O4/c1-11(20-14-7-5-4-6-13(14)17)12-8-9-15(18-2)16(10-12)19-3/h8-11,14H,4-7H2,1-3H3. The van der Waals surface area contributed by atoms with E-state index in [0.29, 0.717) is 17.9 Å². The minimum absolute atomic E-state index is 0.137. The molecule has 1 aliphatic carbocycles. The van der Waals surface area contributed by atoms with E-state index in [1.165, 1.54) is 0 Å². The number of ketones is 1. The van der Waals surface area contributed by atoms with Crippen molar-refractivity contribution in [2.75, 3.05) is 14.2 Å². The number of carbonyl (C=O) groups excluding carboxylic acids is 1. The predicted molar refractivity (Wildman–Crippen MR) is 76.3 cm³/mol. The molecule has 4 nitrogen and oxygen atoms in total. The van der Waals surface area contributed by atoms with Gasteiger partial charge >= 0.3 is 0 Å². The number of rotatable bonds is 5. The second-order valence-electron chi connectivity index (χ2n) is 5.09. The van der Waals surface area contributed by atoms with Crippen molar-refractivity contribution in [3.8, 4) is 11.5 Å². The average molecular weight is 278 g/mol. The molecule has 0 aliphatic heterocycles. The van der Waals surface area contributed by atoms with Gasteiger partial charge in [-0.1, -0.05) is 6.07 Å². The summed E-state index contributed by atoms with van der Waals surface area (Å²) in [6, 6.07) is 5.70. The quantitative estimate of drug-likeness (QED) is 0.829. The zero-order chi connectivity index (χ0) is 14.5. The van der Waals surface area contributed by atoms with E-state index in [-0.39, 0.29) is 18.0 Å². The van der Waals surface area contributed by atoms with E-state index in [1.54, 1.807) is 14.2 Å². The zero-order valence-corrected chi connectivity index (χ0v) is 12.3. The lowest BCUT2D eigenvalue weighted by atomic mass is 9.96. The van der Waals surface area contributed by atoms with Gasteiger partial charge in [0.25, 0.3) is 0 Å². The van der Waals surface area contributed by atoms with Crippen LogP contribution in [0.25, 0.3) is 0 Å². The lowest BCUT2D eigenvalue weighted by Crippen LogP contribution is -2.28. The molecule has 0 N–H and O–H groups in total. The van der Waals surface area contributed by atoms with Gasteiger partial charge in [-0.15, -0.1) is 0 Å². The number of hydrogen-bond acceptors (Lipinski definition) is 4. The third-order valence-corrected chi connectivity index (χ3v) is 3.74. The first-order chi connectivity index (χ1) is 9.65. The van der Waals surface area contributed by atoms with Crippen LogP contribution >= 0.6 is 0 Å². The Morgan fingerprint density at radius 1 is 1.15 bits per heavy atom. The Bertz CT molecular complexity index is 470. The molecule has 1 aromatic carbocycles. The summed E-state index contributed by atoms with van der Waals surface area (Å²) in [7, 11) is 3.22. The van der Waals surface area contributed by atoms with Crippen LogP contribution in [0, 0.1) is 0 Å². The molecule has 0 bridgehead atoms. The number of methoxy groups -OCH3 is 2. The van der Waals surface area contributed by atoms with Crippen molar-refractivity contribution in [2.45, 2.75) is 44.8 Å². The molecule has 0 amide bonds. The van der Waals surface area contributed by atoms with Crippen molar-refractivity contribution in [1.29, 1.82) is 0 Å². The molecule has 2 unspecified atom stereocenters. The lowest BCUT2D eigenvalue weighted by Gasteiger charge is -2.25. The minimum Gasteiger partial charge on any atom is -0.493 e. The molecule has 1 aliphatic rings. The molecular weight excluding hydrogens is 256 g/mol. The smallest absolute Gasteiger partial charge is 0.161 e. The molecule has 0 heterocycles. The first-order valence-corrected chi connectivity index (χ1v) is 7.05. The Balaban J connectivity index is 2.08. The fraction of sp³-hybridized carbons (Fsp3) is 0.562. The maximum absolute atomic E-state index is 11.8. The number of hydrogen-bond donors (Lipinski definition) is 0. The van der Waals surface area contributed by atoms with E-state index < -0.39 is 0 Å². The number of benzene rings is 1. The monoisotopic (exact) mass is 278 g/mol. The second-order valence-corrected chi connectivity index (χ2v) is 5.09. The van der Waals surface area contributed by atoms with Crippen LogP contribution in [0.5, 0.6) is 11.5 Å². The molecule has 110 valence electrons. The fourth-order valence-electron chi connectivity index (χ4n) is 2.53. The van der Waals surface area contributed by atoms with Gasteiger partial charge in [-0.25, -0.2) is 0 Å². The summed E-state index contributed by atoms with van der Waals surface area (Å²) in [6.45, 7) is 1.96. The first kappa shape index (κ1) is 14.9. The van der Waals surface area contributed by atoms with Crippen molar-refractivity contribution in [2.24, 2.45) is 0 Å². The van der Waals surface area contributed by atoms with Gasteiger partial charge in [0.15, 0.2) is 17.3 Å². The van der Waals surface area contributed by atoms with Crippen molar-refractivity contribution in [3.05, 3.63) is 23.8 Å². The Morgan fingerprint density at radius 2 is 1.90 bits per heavy atom. The van der Waals surface area contributed by atoms with E-state index in [0.717, 1.165) is 24.8 Å². The molecular formula is C16H22O4. The minimum atomic E-state index is -0.258. The number of carbonyl (C=O) groups is 1. The summed E-state index contributed by atoms with van der Waals surface area (Å²) in [6.07, 6.45) is 3.13. The van der Waals surface area contributed by atoms with Crippen LogP contribution in [-0.4, -0.2) is 26.1 Å². The van der Waals surface area contributed by atoms with Crippen molar-refractivity contribution in [3.63, 3.8) is 0 Å². The Labute approximate surface area is 120 Å². The second kappa shape index (κ2) is 6.75. The highest BCUT2D eigenvalue weighted by atomic mass is 16.5. The van der Waals surface area contributed by atoms with Gasteiger partial charge in [-0.2, -0.15) is 0 Å². The molecule has 2 atom stereocenters. The van der Waals surface area contributed by atoms with Gasteiger partial charge in [0.05, 0.1) is 20.3 Å². The maximum atomic E-state index is 11.8. The number of ether oxygens (including phenoxy) is 3. The summed E-state index contributed by atoms with van der Waals surface area (Å²) in [5.74, 6) is 1.59. The molecule has 0 spiro atoms. The van der Waals surface area contributed by atoms with Gasteiger partial charge in [-0.05, 0) is 43.9 Å². The highest BCUT2D eigenvalue weighted by molar-refractivity contribution is 5.83. The number of Topliss-reactive ketones (excluding diaryl/α,β-unsaturated/α-hetero) is 1. The summed E-state index contributed by atoms with van der Waals surface area (Å²) >= 11 is 0. The maximum Gasteiger partial charge on any atom is 0.161 e. The normalized spacial score (nSPS) is 20.6. The van der Waals surface area contributed by atoms with Crippen molar-refractivity contribution in [1.82, 2.24) is 0 Å². The fourth-order valence-corrected chi connectivity index (χ4v) is 2.53. The van der Waals surface area contributed by atoms with Gasteiger partial charge in [-0.3, -0.25) is 4.79 Å². The molecule has 1 aromatic rings. The van der Waals surface area contributed by atoms with Crippen LogP contribution in [0.2, 0.25) is 0 Å². The van der Waals surface area contributed by atoms with E-state index in [1.807, 2.05) is 25.1 Å². The summed E-state index contributed by atoms with van der Waals surface area (Å²) < 4.78 is 16.4. The zero-order valence-electron chi connectivity index (χ0n) is 12.3. The first-order valence-electron chi connectivity index (χ1n) is 7.05. The SMILES string of the molecule is COc1ccc(C(C)OC2CCCCC2=O)cc1OC. The third-order valence-electron chi connectivity index (χ3n) is 3.74. The van der Waals surface area contributed by atoms with Crippen LogP contribution in [-0.2, 0) is 9.53 Å². The van der Waals surface area contributed by atoms with Crippen LogP contribution in [0.1, 0.15) is 44.3 Å².